The Hall–Kier alpha value is -3.46. The second-order valence-electron chi connectivity index (χ2n) is 7.54. The van der Waals surface area contributed by atoms with E-state index in [9.17, 15) is 4.79 Å². The second kappa shape index (κ2) is 9.06. The molecule has 0 spiro atoms. The summed E-state index contributed by atoms with van der Waals surface area (Å²) >= 11 is 13.9. The number of aryl methyl sites for hydroxylation is 2. The summed E-state index contributed by atoms with van der Waals surface area (Å²) in [5, 5.41) is 15.1. The Morgan fingerprint density at radius 1 is 0.971 bits per heavy atom. The Labute approximate surface area is 209 Å². The minimum absolute atomic E-state index is 0.310. The molecular formula is C24H18Cl2N6OS. The molecule has 0 unspecified atom stereocenters. The number of rotatable bonds is 5. The van der Waals surface area contributed by atoms with Crippen molar-refractivity contribution in [1.82, 2.24) is 25.0 Å². The molecule has 0 fully saturated rings. The minimum Gasteiger partial charge on any atom is -0.266 e. The third-order valence-corrected chi connectivity index (χ3v) is 6.97. The monoisotopic (exact) mass is 508 g/mol. The summed E-state index contributed by atoms with van der Waals surface area (Å²) in [6, 6.07) is 18.8. The molecule has 3 heterocycles. The van der Waals surface area contributed by atoms with Gasteiger partial charge >= 0.3 is 0 Å². The van der Waals surface area contributed by atoms with Gasteiger partial charge in [0.05, 0.1) is 39.4 Å². The van der Waals surface area contributed by atoms with Crippen LogP contribution in [-0.4, -0.2) is 31.7 Å². The Morgan fingerprint density at radius 3 is 2.38 bits per heavy atom. The molecule has 0 aliphatic heterocycles. The summed E-state index contributed by atoms with van der Waals surface area (Å²) in [6.45, 7) is 3.75. The van der Waals surface area contributed by atoms with Gasteiger partial charge in [-0.05, 0) is 56.3 Å². The van der Waals surface area contributed by atoms with Gasteiger partial charge in [0, 0.05) is 10.4 Å². The standard InChI is InChI=1S/C24H18Cl2N6OS/c1-14-19-12-21(34-24(19)32(30-14)17-6-4-3-5-7-17)23(33)28-27-13-20-15(2)29-31(22(20)26)18-10-8-16(25)9-11-18/h3-13H,1-2H3,(H,28,33). The second-order valence-corrected chi connectivity index (χ2v) is 9.36. The average Bonchev–Trinajstić information content (AvgIpc) is 3.49. The van der Waals surface area contributed by atoms with E-state index in [1.54, 1.807) is 16.8 Å². The van der Waals surface area contributed by atoms with Crippen LogP contribution in [0, 0.1) is 13.8 Å². The lowest BCUT2D eigenvalue weighted by atomic mass is 10.3. The Bertz CT molecular complexity index is 1530. The molecule has 3 aromatic heterocycles. The van der Waals surface area contributed by atoms with E-state index >= 15 is 0 Å². The summed E-state index contributed by atoms with van der Waals surface area (Å²) in [5.74, 6) is -0.310. The highest BCUT2D eigenvalue weighted by atomic mass is 35.5. The summed E-state index contributed by atoms with van der Waals surface area (Å²) in [4.78, 5) is 14.2. The molecule has 1 amide bonds. The number of hydrazone groups is 1. The molecule has 0 radical (unpaired) electrons. The highest BCUT2D eigenvalue weighted by Crippen LogP contribution is 2.30. The minimum atomic E-state index is -0.310. The highest BCUT2D eigenvalue weighted by Gasteiger charge is 2.17. The molecule has 1 N–H and O–H groups in total. The maximum absolute atomic E-state index is 12.8. The molecule has 0 bridgehead atoms. The van der Waals surface area contributed by atoms with Crippen LogP contribution in [0.2, 0.25) is 10.2 Å². The number of halogens is 2. The molecule has 0 aliphatic carbocycles. The predicted molar refractivity (Wildman–Crippen MR) is 137 cm³/mol. The van der Waals surface area contributed by atoms with Crippen LogP contribution in [0.4, 0.5) is 0 Å². The Kier molecular flexibility index (Phi) is 5.95. The first kappa shape index (κ1) is 22.3. The number of nitrogens with one attached hydrogen (secondary N) is 1. The fraction of sp³-hybridized carbons (Fsp3) is 0.0833. The normalized spacial score (nSPS) is 11.5. The van der Waals surface area contributed by atoms with Crippen molar-refractivity contribution in [1.29, 1.82) is 0 Å². The lowest BCUT2D eigenvalue weighted by molar-refractivity contribution is 0.0959. The zero-order valence-corrected chi connectivity index (χ0v) is 20.5. The number of hydrogen-bond donors (Lipinski definition) is 1. The van der Waals surface area contributed by atoms with Crippen LogP contribution in [0.15, 0.2) is 65.8 Å². The molecule has 34 heavy (non-hydrogen) atoms. The van der Waals surface area contributed by atoms with Crippen LogP contribution in [-0.2, 0) is 0 Å². The van der Waals surface area contributed by atoms with Crippen LogP contribution in [0.1, 0.15) is 26.6 Å². The van der Waals surface area contributed by atoms with Gasteiger partial charge in [-0.1, -0.05) is 41.4 Å². The lowest BCUT2D eigenvalue weighted by Crippen LogP contribution is -2.16. The molecule has 0 saturated heterocycles. The number of aromatic nitrogens is 4. The summed E-state index contributed by atoms with van der Waals surface area (Å²) < 4.78 is 3.45. The largest absolute Gasteiger partial charge is 0.281 e. The van der Waals surface area contributed by atoms with Crippen LogP contribution in [0.5, 0.6) is 0 Å². The fourth-order valence-corrected chi connectivity index (χ4v) is 5.04. The third-order valence-electron chi connectivity index (χ3n) is 5.25. The topological polar surface area (TPSA) is 77.1 Å². The van der Waals surface area contributed by atoms with Crippen molar-refractivity contribution in [2.24, 2.45) is 5.10 Å². The van der Waals surface area contributed by atoms with E-state index in [4.69, 9.17) is 23.2 Å². The molecular weight excluding hydrogens is 491 g/mol. The maximum Gasteiger partial charge on any atom is 0.281 e. The maximum atomic E-state index is 12.8. The van der Waals surface area contributed by atoms with Gasteiger partial charge < -0.3 is 0 Å². The van der Waals surface area contributed by atoms with E-state index in [0.717, 1.165) is 27.3 Å². The van der Waals surface area contributed by atoms with E-state index in [2.05, 4.69) is 20.7 Å². The van der Waals surface area contributed by atoms with Gasteiger partial charge in [-0.2, -0.15) is 15.3 Å². The van der Waals surface area contributed by atoms with Crippen LogP contribution in [0.3, 0.4) is 0 Å². The number of amides is 1. The van der Waals surface area contributed by atoms with E-state index in [0.29, 0.717) is 26.3 Å². The summed E-state index contributed by atoms with van der Waals surface area (Å²) in [7, 11) is 0. The Morgan fingerprint density at radius 2 is 1.65 bits per heavy atom. The van der Waals surface area contributed by atoms with Gasteiger partial charge in [0.2, 0.25) is 0 Å². The van der Waals surface area contributed by atoms with Crippen molar-refractivity contribution >= 4 is 56.9 Å². The van der Waals surface area contributed by atoms with E-state index in [-0.39, 0.29) is 5.91 Å². The first-order valence-electron chi connectivity index (χ1n) is 10.3. The molecule has 7 nitrogen and oxygen atoms in total. The number of carbonyl (C=O) groups is 1. The molecule has 2 aromatic carbocycles. The fourth-order valence-electron chi connectivity index (χ4n) is 3.53. The van der Waals surface area contributed by atoms with Crippen LogP contribution < -0.4 is 5.43 Å². The molecule has 5 rings (SSSR count). The van der Waals surface area contributed by atoms with Gasteiger partial charge in [0.25, 0.3) is 5.91 Å². The average molecular weight is 509 g/mol. The molecule has 170 valence electrons. The number of para-hydroxylation sites is 1. The number of carbonyl (C=O) groups excluding carboxylic acids is 1. The predicted octanol–water partition coefficient (Wildman–Crippen LogP) is 5.96. The van der Waals surface area contributed by atoms with E-state index < -0.39 is 0 Å². The zero-order valence-electron chi connectivity index (χ0n) is 18.2. The van der Waals surface area contributed by atoms with Gasteiger partial charge in [0.15, 0.2) is 0 Å². The first-order chi connectivity index (χ1) is 16.4. The quantitative estimate of drug-likeness (QED) is 0.235. The van der Waals surface area contributed by atoms with Crippen LogP contribution in [0.25, 0.3) is 21.6 Å². The van der Waals surface area contributed by atoms with Crippen molar-refractivity contribution < 1.29 is 4.79 Å². The van der Waals surface area contributed by atoms with Crippen molar-refractivity contribution in [3.63, 3.8) is 0 Å². The van der Waals surface area contributed by atoms with E-state index in [1.807, 2.05) is 67.1 Å². The van der Waals surface area contributed by atoms with Crippen molar-refractivity contribution in [3.8, 4) is 11.4 Å². The van der Waals surface area contributed by atoms with Crippen LogP contribution >= 0.6 is 34.5 Å². The number of thiophene rings is 1. The smallest absolute Gasteiger partial charge is 0.266 e. The number of fused-ring (bicyclic) bond motifs is 1. The summed E-state index contributed by atoms with van der Waals surface area (Å²) in [6.07, 6.45) is 1.50. The third kappa shape index (κ3) is 4.11. The highest BCUT2D eigenvalue weighted by molar-refractivity contribution is 7.20. The zero-order chi connectivity index (χ0) is 23.8. The number of nitrogens with zero attached hydrogens (tertiary/aromatic N) is 5. The van der Waals surface area contributed by atoms with Crippen molar-refractivity contribution in [2.45, 2.75) is 13.8 Å². The molecule has 0 atom stereocenters. The van der Waals surface area contributed by atoms with Gasteiger partial charge in [-0.15, -0.1) is 11.3 Å². The lowest BCUT2D eigenvalue weighted by Gasteiger charge is -2.02. The molecule has 10 heteroatoms. The van der Waals surface area contributed by atoms with Gasteiger partial charge in [-0.3, -0.25) is 4.79 Å². The molecule has 0 saturated carbocycles. The van der Waals surface area contributed by atoms with Gasteiger partial charge in [0.1, 0.15) is 9.98 Å². The molecule has 5 aromatic rings. The van der Waals surface area contributed by atoms with Gasteiger partial charge in [-0.25, -0.2) is 14.8 Å². The summed E-state index contributed by atoms with van der Waals surface area (Å²) in [5.41, 5.74) is 6.45. The SMILES string of the molecule is Cc1nn(-c2ccc(Cl)cc2)c(Cl)c1C=NNC(=O)c1cc2c(C)nn(-c3ccccc3)c2s1. The number of benzene rings is 2. The number of hydrogen-bond acceptors (Lipinski definition) is 5. The molecule has 0 aliphatic rings. The first-order valence-corrected chi connectivity index (χ1v) is 11.9. The Balaban J connectivity index is 1.37. The van der Waals surface area contributed by atoms with Crippen molar-refractivity contribution in [3.05, 3.63) is 92.7 Å². The van der Waals surface area contributed by atoms with E-state index in [1.165, 1.54) is 17.6 Å². The van der Waals surface area contributed by atoms with Crippen molar-refractivity contribution in [2.75, 3.05) is 0 Å².